The molecule has 0 atom stereocenters. The molecule has 0 spiro atoms. The van der Waals surface area contributed by atoms with Crippen molar-refractivity contribution in [3.05, 3.63) is 88.6 Å². The molecule has 31 heavy (non-hydrogen) atoms. The van der Waals surface area contributed by atoms with E-state index < -0.39 is 5.82 Å². The number of amides is 1. The van der Waals surface area contributed by atoms with E-state index in [1.165, 1.54) is 30.3 Å². The molecule has 0 unspecified atom stereocenters. The number of carbonyl (C=O) groups excluding carboxylic acids is 1. The molecule has 1 amide bonds. The average molecular weight is 420 g/mol. The van der Waals surface area contributed by atoms with Gasteiger partial charge < -0.3 is 15.4 Å². The number of rotatable bonds is 5. The maximum Gasteiger partial charge on any atom is 0.251 e. The Bertz CT molecular complexity index is 1290. The number of halogens is 2. The highest BCUT2D eigenvalue weighted by Gasteiger charge is 2.15. The van der Waals surface area contributed by atoms with E-state index in [9.17, 15) is 18.7 Å². The van der Waals surface area contributed by atoms with Crippen molar-refractivity contribution in [2.45, 2.75) is 20.3 Å². The Labute approximate surface area is 178 Å². The molecule has 0 radical (unpaired) electrons. The van der Waals surface area contributed by atoms with Gasteiger partial charge in [0.1, 0.15) is 17.4 Å². The summed E-state index contributed by atoms with van der Waals surface area (Å²) in [6, 6.07) is 13.7. The first-order chi connectivity index (χ1) is 14.8. The molecule has 4 aromatic rings. The van der Waals surface area contributed by atoms with Gasteiger partial charge in [0.15, 0.2) is 0 Å². The summed E-state index contributed by atoms with van der Waals surface area (Å²) < 4.78 is 28.7. The van der Waals surface area contributed by atoms with Crippen LogP contribution in [0.5, 0.6) is 5.75 Å². The number of fused-ring (bicyclic) bond motifs is 1. The van der Waals surface area contributed by atoms with Gasteiger partial charge in [-0.3, -0.25) is 4.79 Å². The van der Waals surface area contributed by atoms with E-state index >= 15 is 0 Å². The molecule has 0 aliphatic heterocycles. The monoisotopic (exact) mass is 420 g/mol. The van der Waals surface area contributed by atoms with Gasteiger partial charge in [0.25, 0.3) is 5.91 Å². The summed E-state index contributed by atoms with van der Waals surface area (Å²) in [5.41, 5.74) is 4.30. The van der Waals surface area contributed by atoms with Crippen LogP contribution in [-0.4, -0.2) is 22.5 Å². The number of aromatic amines is 1. The first-order valence-corrected chi connectivity index (χ1v) is 9.98. The van der Waals surface area contributed by atoms with E-state index in [4.69, 9.17) is 0 Å². The van der Waals surface area contributed by atoms with Gasteiger partial charge >= 0.3 is 0 Å². The van der Waals surface area contributed by atoms with E-state index in [1.54, 1.807) is 24.3 Å². The molecular weight excluding hydrogens is 398 g/mol. The van der Waals surface area contributed by atoms with Crippen LogP contribution in [0.4, 0.5) is 8.78 Å². The van der Waals surface area contributed by atoms with Crippen LogP contribution in [0, 0.1) is 25.5 Å². The lowest BCUT2D eigenvalue weighted by molar-refractivity contribution is 0.0953. The molecule has 3 aromatic carbocycles. The lowest BCUT2D eigenvalue weighted by Crippen LogP contribution is -2.26. The third kappa shape index (κ3) is 4.01. The minimum atomic E-state index is -0.545. The predicted octanol–water partition coefficient (Wildman–Crippen LogP) is 5.41. The van der Waals surface area contributed by atoms with Crippen LogP contribution >= 0.6 is 0 Å². The number of aromatic hydroxyl groups is 1. The summed E-state index contributed by atoms with van der Waals surface area (Å²) >= 11 is 0. The summed E-state index contributed by atoms with van der Waals surface area (Å²) in [5, 5.41) is 13.2. The second-order valence-corrected chi connectivity index (χ2v) is 7.59. The van der Waals surface area contributed by atoms with E-state index in [-0.39, 0.29) is 23.0 Å². The van der Waals surface area contributed by atoms with Crippen molar-refractivity contribution in [2.75, 3.05) is 6.54 Å². The standard InChI is InChI=1S/C25H22F2N2O2/c1-14-6-9-21(26)24-23(14)19(15(2)29-24)10-11-28-25(31)17-7-8-20(22(27)13-17)16-4-3-5-18(30)12-16/h3-9,12-13,29-30H,10-11H2,1-2H3,(H,28,31). The van der Waals surface area contributed by atoms with Crippen molar-refractivity contribution in [2.24, 2.45) is 0 Å². The molecule has 0 fully saturated rings. The molecule has 158 valence electrons. The molecule has 0 aliphatic rings. The number of hydrogen-bond donors (Lipinski definition) is 3. The average Bonchev–Trinajstić information content (AvgIpc) is 3.08. The van der Waals surface area contributed by atoms with Gasteiger partial charge in [0.05, 0.1) is 5.52 Å². The highest BCUT2D eigenvalue weighted by molar-refractivity contribution is 5.95. The Kier molecular flexibility index (Phi) is 5.46. The molecule has 1 aromatic heterocycles. The molecule has 4 nitrogen and oxygen atoms in total. The normalized spacial score (nSPS) is 11.1. The molecular formula is C25H22F2N2O2. The van der Waals surface area contributed by atoms with Gasteiger partial charge in [-0.15, -0.1) is 0 Å². The van der Waals surface area contributed by atoms with Crippen molar-refractivity contribution in [3.63, 3.8) is 0 Å². The number of nitrogens with one attached hydrogen (secondary N) is 2. The summed E-state index contributed by atoms with van der Waals surface area (Å²) in [5.74, 6) is -1.19. The van der Waals surface area contributed by atoms with E-state index in [0.29, 0.717) is 29.6 Å². The molecule has 0 aliphatic carbocycles. The van der Waals surface area contributed by atoms with E-state index in [0.717, 1.165) is 22.2 Å². The first kappa shape index (κ1) is 20.6. The Morgan fingerprint density at radius 2 is 1.84 bits per heavy atom. The van der Waals surface area contributed by atoms with Crippen molar-refractivity contribution in [1.82, 2.24) is 10.3 Å². The lowest BCUT2D eigenvalue weighted by atomic mass is 10.0. The summed E-state index contributed by atoms with van der Waals surface area (Å²) in [6.07, 6.45) is 0.520. The van der Waals surface area contributed by atoms with Crippen LogP contribution in [0.25, 0.3) is 22.0 Å². The molecule has 4 rings (SSSR count). The zero-order chi connectivity index (χ0) is 22.1. The van der Waals surface area contributed by atoms with Crippen molar-refractivity contribution < 1.29 is 18.7 Å². The van der Waals surface area contributed by atoms with Crippen LogP contribution in [0.2, 0.25) is 0 Å². The van der Waals surface area contributed by atoms with Crippen molar-refractivity contribution >= 4 is 16.8 Å². The fourth-order valence-corrected chi connectivity index (χ4v) is 3.92. The smallest absolute Gasteiger partial charge is 0.251 e. The van der Waals surface area contributed by atoms with Crippen molar-refractivity contribution in [1.29, 1.82) is 0 Å². The van der Waals surface area contributed by atoms with Crippen LogP contribution in [0.15, 0.2) is 54.6 Å². The minimum Gasteiger partial charge on any atom is -0.508 e. The number of phenolic OH excluding ortho intramolecular Hbond substituents is 1. The topological polar surface area (TPSA) is 65.1 Å². The molecule has 0 bridgehead atoms. The van der Waals surface area contributed by atoms with Gasteiger partial charge in [-0.2, -0.15) is 0 Å². The van der Waals surface area contributed by atoms with Crippen LogP contribution in [0.1, 0.15) is 27.2 Å². The van der Waals surface area contributed by atoms with Gasteiger partial charge in [0, 0.05) is 28.8 Å². The zero-order valence-electron chi connectivity index (χ0n) is 17.2. The largest absolute Gasteiger partial charge is 0.508 e. The van der Waals surface area contributed by atoms with E-state index in [2.05, 4.69) is 10.3 Å². The number of hydrogen-bond acceptors (Lipinski definition) is 2. The number of carbonyl (C=O) groups is 1. The molecule has 0 saturated heterocycles. The summed E-state index contributed by atoms with van der Waals surface area (Å²) in [4.78, 5) is 15.6. The van der Waals surface area contributed by atoms with Crippen LogP contribution in [-0.2, 0) is 6.42 Å². The second kappa shape index (κ2) is 8.22. The SMILES string of the molecule is Cc1[nH]c2c(F)ccc(C)c2c1CCNC(=O)c1ccc(-c2cccc(O)c2)c(F)c1. The molecule has 6 heteroatoms. The quantitative estimate of drug-likeness (QED) is 0.404. The van der Waals surface area contributed by atoms with Gasteiger partial charge in [-0.1, -0.05) is 24.3 Å². The second-order valence-electron chi connectivity index (χ2n) is 7.59. The van der Waals surface area contributed by atoms with Crippen LogP contribution in [0.3, 0.4) is 0 Å². The van der Waals surface area contributed by atoms with Crippen molar-refractivity contribution in [3.8, 4) is 16.9 Å². The number of H-pyrrole nitrogens is 1. The zero-order valence-corrected chi connectivity index (χ0v) is 17.2. The number of aromatic nitrogens is 1. The Morgan fingerprint density at radius 3 is 2.58 bits per heavy atom. The lowest BCUT2D eigenvalue weighted by Gasteiger charge is -2.09. The maximum absolute atomic E-state index is 14.6. The van der Waals surface area contributed by atoms with Gasteiger partial charge in [-0.05, 0) is 67.3 Å². The highest BCUT2D eigenvalue weighted by atomic mass is 19.1. The van der Waals surface area contributed by atoms with E-state index in [1.807, 2.05) is 13.8 Å². The van der Waals surface area contributed by atoms with Crippen LogP contribution < -0.4 is 5.32 Å². The Hall–Kier alpha value is -3.67. The Balaban J connectivity index is 1.48. The fourth-order valence-electron chi connectivity index (χ4n) is 3.92. The fraction of sp³-hybridized carbons (Fsp3) is 0.160. The molecule has 3 N–H and O–H groups in total. The Morgan fingerprint density at radius 1 is 1.03 bits per heavy atom. The first-order valence-electron chi connectivity index (χ1n) is 9.98. The number of aryl methyl sites for hydroxylation is 2. The number of benzene rings is 3. The number of phenols is 1. The predicted molar refractivity (Wildman–Crippen MR) is 117 cm³/mol. The molecule has 1 heterocycles. The van der Waals surface area contributed by atoms with Gasteiger partial charge in [-0.25, -0.2) is 8.78 Å². The van der Waals surface area contributed by atoms with Gasteiger partial charge in [0.2, 0.25) is 0 Å². The minimum absolute atomic E-state index is 0.0430. The maximum atomic E-state index is 14.6. The highest BCUT2D eigenvalue weighted by Crippen LogP contribution is 2.28. The summed E-state index contributed by atoms with van der Waals surface area (Å²) in [6.45, 7) is 4.14. The third-order valence-corrected chi connectivity index (χ3v) is 5.48. The molecule has 0 saturated carbocycles. The summed E-state index contributed by atoms with van der Waals surface area (Å²) in [7, 11) is 0. The third-order valence-electron chi connectivity index (χ3n) is 5.48.